The number of aldehydes is 1. The highest BCUT2D eigenvalue weighted by molar-refractivity contribution is 5.88. The molecule has 6 heteroatoms. The van der Waals surface area contributed by atoms with Gasteiger partial charge in [-0.1, -0.05) is 6.07 Å². The Balaban J connectivity index is 2.14. The first kappa shape index (κ1) is 11.7. The van der Waals surface area contributed by atoms with Gasteiger partial charge in [0.25, 0.3) is 0 Å². The molecule has 2 N–H and O–H groups in total. The molecule has 3 heterocycles. The maximum atomic E-state index is 11.5. The summed E-state index contributed by atoms with van der Waals surface area (Å²) in [6.07, 6.45) is 4.14. The fraction of sp³-hybridized carbons (Fsp3) is 0.308. The predicted molar refractivity (Wildman–Crippen MR) is 70.1 cm³/mol. The average Bonchev–Trinajstić information content (AvgIpc) is 3.02. The topological polar surface area (TPSA) is 80.7 Å². The second-order valence-corrected chi connectivity index (χ2v) is 4.62. The molecule has 98 valence electrons. The average molecular weight is 258 g/mol. The molecule has 0 radical (unpaired) electrons. The maximum absolute atomic E-state index is 11.5. The van der Waals surface area contributed by atoms with Crippen LogP contribution in [0.1, 0.15) is 23.3 Å². The zero-order valence-electron chi connectivity index (χ0n) is 10.3. The van der Waals surface area contributed by atoms with E-state index in [4.69, 9.17) is 5.73 Å². The van der Waals surface area contributed by atoms with Crippen molar-refractivity contribution in [2.75, 3.05) is 11.4 Å². The molecule has 0 bridgehead atoms. The van der Waals surface area contributed by atoms with Crippen LogP contribution >= 0.6 is 0 Å². The van der Waals surface area contributed by atoms with Crippen molar-refractivity contribution in [2.45, 2.75) is 18.9 Å². The molecule has 1 saturated heterocycles. The minimum Gasteiger partial charge on any atom is -0.368 e. The number of rotatable bonds is 3. The number of anilines is 1. The Kier molecular flexibility index (Phi) is 2.70. The van der Waals surface area contributed by atoms with Crippen molar-refractivity contribution < 1.29 is 9.59 Å². The first-order valence-corrected chi connectivity index (χ1v) is 6.20. The van der Waals surface area contributed by atoms with Gasteiger partial charge in [-0.2, -0.15) is 0 Å². The second kappa shape index (κ2) is 4.38. The first-order chi connectivity index (χ1) is 9.22. The predicted octanol–water partition coefficient (Wildman–Crippen LogP) is 0.601. The van der Waals surface area contributed by atoms with E-state index < -0.39 is 0 Å². The van der Waals surface area contributed by atoms with Crippen molar-refractivity contribution in [1.82, 2.24) is 9.38 Å². The van der Waals surface area contributed by atoms with Gasteiger partial charge in [-0.05, 0) is 25.0 Å². The Morgan fingerprint density at radius 3 is 3.05 bits per heavy atom. The van der Waals surface area contributed by atoms with Crippen molar-refractivity contribution in [3.05, 3.63) is 30.1 Å². The first-order valence-electron chi connectivity index (χ1n) is 6.20. The molecular formula is C13H14N4O2. The van der Waals surface area contributed by atoms with E-state index in [0.29, 0.717) is 30.1 Å². The number of carbonyl (C=O) groups excluding carboxylic acids is 2. The zero-order valence-corrected chi connectivity index (χ0v) is 10.3. The van der Waals surface area contributed by atoms with Crippen LogP contribution < -0.4 is 10.6 Å². The van der Waals surface area contributed by atoms with Crippen LogP contribution in [0.2, 0.25) is 0 Å². The molecule has 1 aliphatic heterocycles. The lowest BCUT2D eigenvalue weighted by Crippen LogP contribution is -2.40. The number of aromatic nitrogens is 2. The molecule has 1 fully saturated rings. The largest absolute Gasteiger partial charge is 0.368 e. The normalized spacial score (nSPS) is 18.9. The number of fused-ring (bicyclic) bond motifs is 1. The van der Waals surface area contributed by atoms with Gasteiger partial charge in [0.1, 0.15) is 17.4 Å². The molecule has 0 aliphatic carbocycles. The highest BCUT2D eigenvalue weighted by Gasteiger charge is 2.32. The summed E-state index contributed by atoms with van der Waals surface area (Å²) in [5, 5.41) is 0. The number of hydrogen-bond donors (Lipinski definition) is 1. The molecule has 0 saturated carbocycles. The van der Waals surface area contributed by atoms with Crippen LogP contribution in [0, 0.1) is 0 Å². The zero-order chi connectivity index (χ0) is 13.4. The van der Waals surface area contributed by atoms with E-state index in [1.807, 2.05) is 23.1 Å². The standard InChI is InChI=1S/C13H14N4O2/c14-12(19)9-4-3-7-17(9)13-10(8-18)16-6-2-1-5-11(16)15-13/h1-2,5-6,8-9H,3-4,7H2,(H2,14,19). The lowest BCUT2D eigenvalue weighted by atomic mass is 10.2. The van der Waals surface area contributed by atoms with Crippen molar-refractivity contribution >= 4 is 23.7 Å². The summed E-state index contributed by atoms with van der Waals surface area (Å²) < 4.78 is 1.72. The molecule has 2 aromatic rings. The summed E-state index contributed by atoms with van der Waals surface area (Å²) in [4.78, 5) is 29.1. The van der Waals surface area contributed by atoms with E-state index in [9.17, 15) is 9.59 Å². The van der Waals surface area contributed by atoms with E-state index in [0.717, 1.165) is 12.7 Å². The lowest BCUT2D eigenvalue weighted by molar-refractivity contribution is -0.119. The Morgan fingerprint density at radius 1 is 1.47 bits per heavy atom. The van der Waals surface area contributed by atoms with E-state index >= 15 is 0 Å². The van der Waals surface area contributed by atoms with Gasteiger partial charge in [0.05, 0.1) is 0 Å². The molecule has 1 atom stereocenters. The quantitative estimate of drug-likeness (QED) is 0.817. The minimum absolute atomic E-state index is 0.369. The van der Waals surface area contributed by atoms with Crippen LogP contribution in [-0.4, -0.2) is 34.2 Å². The van der Waals surface area contributed by atoms with Crippen LogP contribution in [0.5, 0.6) is 0 Å². The SMILES string of the molecule is NC(=O)C1CCCN1c1nc2ccccn2c1C=O. The number of nitrogens with two attached hydrogens (primary N) is 1. The third-order valence-corrected chi connectivity index (χ3v) is 3.51. The van der Waals surface area contributed by atoms with Gasteiger partial charge >= 0.3 is 0 Å². The van der Waals surface area contributed by atoms with E-state index in [1.165, 1.54) is 0 Å². The highest BCUT2D eigenvalue weighted by Crippen LogP contribution is 2.27. The van der Waals surface area contributed by atoms with Crippen LogP contribution in [0.3, 0.4) is 0 Å². The third-order valence-electron chi connectivity index (χ3n) is 3.51. The van der Waals surface area contributed by atoms with Crippen LogP contribution in [-0.2, 0) is 4.79 Å². The molecule has 3 rings (SSSR count). The number of nitrogens with zero attached hydrogens (tertiary/aromatic N) is 3. The minimum atomic E-state index is -0.372. The summed E-state index contributed by atoms with van der Waals surface area (Å²) >= 11 is 0. The molecule has 1 amide bonds. The summed E-state index contributed by atoms with van der Waals surface area (Å²) in [5.41, 5.74) is 6.56. The Labute approximate surface area is 109 Å². The molecule has 0 spiro atoms. The fourth-order valence-electron chi connectivity index (χ4n) is 2.64. The van der Waals surface area contributed by atoms with Crippen molar-refractivity contribution in [3.63, 3.8) is 0 Å². The van der Waals surface area contributed by atoms with Gasteiger partial charge in [-0.25, -0.2) is 4.98 Å². The Hall–Kier alpha value is -2.37. The maximum Gasteiger partial charge on any atom is 0.240 e. The van der Waals surface area contributed by atoms with Crippen LogP contribution in [0.15, 0.2) is 24.4 Å². The number of imidazole rings is 1. The van der Waals surface area contributed by atoms with E-state index in [2.05, 4.69) is 4.98 Å². The molecule has 1 aliphatic rings. The van der Waals surface area contributed by atoms with Crippen molar-refractivity contribution in [3.8, 4) is 0 Å². The monoisotopic (exact) mass is 258 g/mol. The van der Waals surface area contributed by atoms with Crippen LogP contribution in [0.25, 0.3) is 5.65 Å². The molecule has 0 aromatic carbocycles. The number of primary amides is 1. The summed E-state index contributed by atoms with van der Waals surface area (Å²) in [6, 6.07) is 5.15. The molecule has 6 nitrogen and oxygen atoms in total. The van der Waals surface area contributed by atoms with Gasteiger partial charge in [-0.3, -0.25) is 14.0 Å². The summed E-state index contributed by atoms with van der Waals surface area (Å²) in [7, 11) is 0. The fourth-order valence-corrected chi connectivity index (χ4v) is 2.64. The lowest BCUT2D eigenvalue weighted by Gasteiger charge is -2.22. The summed E-state index contributed by atoms with van der Waals surface area (Å²) in [6.45, 7) is 0.693. The number of hydrogen-bond acceptors (Lipinski definition) is 4. The third kappa shape index (κ3) is 1.76. The molecule has 2 aromatic heterocycles. The van der Waals surface area contributed by atoms with Gasteiger partial charge in [0.15, 0.2) is 12.1 Å². The van der Waals surface area contributed by atoms with E-state index in [-0.39, 0.29) is 11.9 Å². The van der Waals surface area contributed by atoms with Gasteiger partial charge in [-0.15, -0.1) is 0 Å². The molecular weight excluding hydrogens is 244 g/mol. The van der Waals surface area contributed by atoms with Gasteiger partial charge < -0.3 is 10.6 Å². The molecule has 1 unspecified atom stereocenters. The second-order valence-electron chi connectivity index (χ2n) is 4.62. The van der Waals surface area contributed by atoms with E-state index in [1.54, 1.807) is 10.6 Å². The Bertz CT molecular complexity index is 649. The van der Waals surface area contributed by atoms with Crippen LogP contribution in [0.4, 0.5) is 5.82 Å². The highest BCUT2D eigenvalue weighted by atomic mass is 16.1. The smallest absolute Gasteiger partial charge is 0.240 e. The summed E-state index contributed by atoms with van der Waals surface area (Å²) in [5.74, 6) is 0.175. The van der Waals surface area contributed by atoms with Gasteiger partial charge in [0.2, 0.25) is 5.91 Å². The number of amides is 1. The van der Waals surface area contributed by atoms with Crippen molar-refractivity contribution in [2.24, 2.45) is 5.73 Å². The number of pyridine rings is 1. The van der Waals surface area contributed by atoms with Gasteiger partial charge in [0, 0.05) is 12.7 Å². The Morgan fingerprint density at radius 2 is 2.32 bits per heavy atom. The van der Waals surface area contributed by atoms with Crippen molar-refractivity contribution in [1.29, 1.82) is 0 Å². The molecule has 19 heavy (non-hydrogen) atoms. The number of carbonyl (C=O) groups is 2.